The van der Waals surface area contributed by atoms with Gasteiger partial charge in [-0.15, -0.1) is 0 Å². The Bertz CT molecular complexity index is 1130. The number of hydrogen-bond donors (Lipinski definition) is 2. The van der Waals surface area contributed by atoms with Gasteiger partial charge in [0.2, 0.25) is 5.91 Å². The lowest BCUT2D eigenvalue weighted by molar-refractivity contribution is -0.127. The molecule has 32 heavy (non-hydrogen) atoms. The maximum atomic E-state index is 12.6. The van der Waals surface area contributed by atoms with E-state index in [4.69, 9.17) is 11.6 Å². The van der Waals surface area contributed by atoms with Crippen LogP contribution in [0.15, 0.2) is 49.3 Å². The number of halogens is 1. The summed E-state index contributed by atoms with van der Waals surface area (Å²) in [5.74, 6) is 0.357. The van der Waals surface area contributed by atoms with Crippen LogP contribution in [0.4, 0.5) is 16.6 Å². The van der Waals surface area contributed by atoms with Gasteiger partial charge in [0.25, 0.3) is 5.91 Å². The molecular weight excluding hydrogens is 448 g/mol. The minimum Gasteiger partial charge on any atom is -0.339 e. The van der Waals surface area contributed by atoms with Crippen molar-refractivity contribution in [3.8, 4) is 0 Å². The maximum absolute atomic E-state index is 12.6. The van der Waals surface area contributed by atoms with E-state index in [0.717, 1.165) is 18.4 Å². The number of benzene rings is 1. The van der Waals surface area contributed by atoms with Crippen LogP contribution in [-0.2, 0) is 4.79 Å². The van der Waals surface area contributed by atoms with Gasteiger partial charge >= 0.3 is 0 Å². The predicted molar refractivity (Wildman–Crippen MR) is 127 cm³/mol. The molecule has 0 atom stereocenters. The highest BCUT2D eigenvalue weighted by Crippen LogP contribution is 2.28. The molecule has 0 radical (unpaired) electrons. The van der Waals surface area contributed by atoms with Crippen LogP contribution in [0.1, 0.15) is 34.1 Å². The zero-order valence-electron chi connectivity index (χ0n) is 17.5. The number of likely N-dealkylation sites (tertiary alicyclic amines) is 1. The summed E-state index contributed by atoms with van der Waals surface area (Å²) in [5, 5.41) is 11.7. The number of amides is 2. The summed E-state index contributed by atoms with van der Waals surface area (Å²) in [4.78, 5) is 30.9. The Morgan fingerprint density at radius 1 is 1.28 bits per heavy atom. The molecule has 0 aliphatic carbocycles. The largest absolute Gasteiger partial charge is 0.339 e. The van der Waals surface area contributed by atoms with Crippen LogP contribution in [-0.4, -0.2) is 44.6 Å². The van der Waals surface area contributed by atoms with Gasteiger partial charge in [0.1, 0.15) is 4.88 Å². The van der Waals surface area contributed by atoms with E-state index in [2.05, 4.69) is 27.3 Å². The van der Waals surface area contributed by atoms with E-state index in [0.29, 0.717) is 39.6 Å². The molecule has 3 aromatic rings. The van der Waals surface area contributed by atoms with Gasteiger partial charge in [0.05, 0.1) is 22.9 Å². The highest BCUT2D eigenvalue weighted by molar-refractivity contribution is 7.17. The van der Waals surface area contributed by atoms with Crippen molar-refractivity contribution in [1.29, 1.82) is 0 Å². The van der Waals surface area contributed by atoms with Crippen LogP contribution in [0.25, 0.3) is 0 Å². The number of nitrogens with one attached hydrogen (secondary N) is 2. The van der Waals surface area contributed by atoms with Crippen molar-refractivity contribution < 1.29 is 9.59 Å². The van der Waals surface area contributed by atoms with Gasteiger partial charge in [-0.05, 0) is 37.5 Å². The third kappa shape index (κ3) is 4.84. The van der Waals surface area contributed by atoms with E-state index < -0.39 is 0 Å². The first-order chi connectivity index (χ1) is 15.4. The predicted octanol–water partition coefficient (Wildman–Crippen LogP) is 4.65. The minimum atomic E-state index is -0.266. The minimum absolute atomic E-state index is 0.0282. The summed E-state index contributed by atoms with van der Waals surface area (Å²) >= 11 is 7.43. The average Bonchev–Trinajstić information content (AvgIpc) is 3.46. The van der Waals surface area contributed by atoms with Crippen molar-refractivity contribution in [2.75, 3.05) is 23.7 Å². The quantitative estimate of drug-likeness (QED) is 0.512. The van der Waals surface area contributed by atoms with E-state index in [1.54, 1.807) is 11.0 Å². The van der Waals surface area contributed by atoms with Gasteiger partial charge in [-0.2, -0.15) is 5.10 Å². The molecule has 1 aliphatic heterocycles. The zero-order chi connectivity index (χ0) is 22.7. The summed E-state index contributed by atoms with van der Waals surface area (Å²) in [6, 6.07) is 7.57. The fourth-order valence-corrected chi connectivity index (χ4v) is 4.59. The number of aromatic nitrogens is 3. The number of nitrogens with zero attached hydrogens (tertiary/aromatic N) is 4. The van der Waals surface area contributed by atoms with Crippen LogP contribution < -0.4 is 10.6 Å². The van der Waals surface area contributed by atoms with Gasteiger partial charge < -0.3 is 15.5 Å². The third-order valence-electron chi connectivity index (χ3n) is 5.36. The van der Waals surface area contributed by atoms with E-state index in [9.17, 15) is 9.59 Å². The van der Waals surface area contributed by atoms with Gasteiger partial charge in [-0.25, -0.2) is 4.98 Å². The lowest BCUT2D eigenvalue weighted by atomic mass is 10.1. The van der Waals surface area contributed by atoms with Crippen LogP contribution in [0.3, 0.4) is 0 Å². The molecule has 1 aromatic carbocycles. The van der Waals surface area contributed by atoms with Gasteiger partial charge in [-0.3, -0.25) is 14.3 Å². The van der Waals surface area contributed by atoms with Crippen LogP contribution >= 0.6 is 22.9 Å². The number of thiazole rings is 1. The Hall–Kier alpha value is -3.17. The van der Waals surface area contributed by atoms with E-state index in [1.807, 2.05) is 36.0 Å². The Labute approximate surface area is 194 Å². The number of anilines is 3. The van der Waals surface area contributed by atoms with E-state index in [-0.39, 0.29) is 17.9 Å². The van der Waals surface area contributed by atoms with Crippen LogP contribution in [0.2, 0.25) is 5.02 Å². The molecule has 2 aromatic heterocycles. The van der Waals surface area contributed by atoms with Crippen molar-refractivity contribution in [3.63, 3.8) is 0 Å². The molecule has 0 bridgehead atoms. The maximum Gasteiger partial charge on any atom is 0.267 e. The van der Waals surface area contributed by atoms with Crippen molar-refractivity contribution >= 4 is 51.4 Å². The molecule has 3 heterocycles. The lowest BCUT2D eigenvalue weighted by Gasteiger charge is -2.31. The number of para-hydroxylation sites is 1. The van der Waals surface area contributed by atoms with Crippen LogP contribution in [0, 0.1) is 6.92 Å². The van der Waals surface area contributed by atoms with E-state index >= 15 is 0 Å². The summed E-state index contributed by atoms with van der Waals surface area (Å²) < 4.78 is 1.92. The highest BCUT2D eigenvalue weighted by Gasteiger charge is 2.23. The van der Waals surface area contributed by atoms with E-state index in [1.165, 1.54) is 23.6 Å². The number of rotatable bonds is 6. The smallest absolute Gasteiger partial charge is 0.267 e. The zero-order valence-corrected chi connectivity index (χ0v) is 19.1. The molecule has 1 saturated heterocycles. The summed E-state index contributed by atoms with van der Waals surface area (Å²) in [6.07, 6.45) is 6.47. The molecule has 0 saturated carbocycles. The monoisotopic (exact) mass is 470 g/mol. The molecule has 1 aliphatic rings. The summed E-state index contributed by atoms with van der Waals surface area (Å²) in [6.45, 7) is 6.81. The van der Waals surface area contributed by atoms with Gasteiger partial charge in [0, 0.05) is 25.4 Å². The Morgan fingerprint density at radius 3 is 2.78 bits per heavy atom. The van der Waals surface area contributed by atoms with Gasteiger partial charge in [-0.1, -0.05) is 41.6 Å². The number of piperidine rings is 1. The first kappa shape index (κ1) is 22.0. The molecular formula is C22H23ClN6O2S. The Morgan fingerprint density at radius 2 is 2.06 bits per heavy atom. The second-order valence-corrected chi connectivity index (χ2v) is 8.92. The normalized spacial score (nSPS) is 14.2. The number of aryl methyl sites for hydroxylation is 1. The van der Waals surface area contributed by atoms with Crippen molar-refractivity contribution in [3.05, 3.63) is 64.8 Å². The van der Waals surface area contributed by atoms with Crippen molar-refractivity contribution in [1.82, 2.24) is 19.7 Å². The first-order valence-corrected chi connectivity index (χ1v) is 11.4. The molecule has 2 N–H and O–H groups in total. The molecule has 0 spiro atoms. The topological polar surface area (TPSA) is 92.2 Å². The van der Waals surface area contributed by atoms with Gasteiger partial charge in [0.15, 0.2) is 10.9 Å². The number of hydrogen-bond acceptors (Lipinski definition) is 6. The number of carbonyl (C=O) groups excluding carboxylic acids is 2. The molecule has 2 amide bonds. The fourth-order valence-electron chi connectivity index (χ4n) is 3.60. The first-order valence-electron chi connectivity index (χ1n) is 10.2. The Balaban J connectivity index is 1.36. The molecule has 166 valence electrons. The second kappa shape index (κ2) is 9.54. The summed E-state index contributed by atoms with van der Waals surface area (Å²) in [5.41, 5.74) is 1.49. The fraction of sp³-hybridized carbons (Fsp3) is 0.273. The molecule has 10 heteroatoms. The second-order valence-electron chi connectivity index (χ2n) is 7.48. The molecule has 8 nitrogen and oxygen atoms in total. The molecule has 1 fully saturated rings. The number of carbonyl (C=O) groups is 2. The highest BCUT2D eigenvalue weighted by atomic mass is 35.5. The van der Waals surface area contributed by atoms with Crippen molar-refractivity contribution in [2.45, 2.75) is 25.8 Å². The van der Waals surface area contributed by atoms with Crippen LogP contribution in [0.5, 0.6) is 0 Å². The van der Waals surface area contributed by atoms with Crippen molar-refractivity contribution in [2.24, 2.45) is 0 Å². The summed E-state index contributed by atoms with van der Waals surface area (Å²) in [7, 11) is 0. The average molecular weight is 471 g/mol. The molecule has 4 rings (SSSR count). The molecule has 0 unspecified atom stereocenters. The Kier molecular flexibility index (Phi) is 6.57. The third-order valence-corrected chi connectivity index (χ3v) is 6.58. The lowest BCUT2D eigenvalue weighted by Crippen LogP contribution is -2.38. The standard InChI is InChI=1S/C22H23ClN6O2S/c1-3-19(30)28-10-7-15(8-11-28)29-12-9-18(27-29)25-22-24-13-17(32-22)21(31)26-20-14(2)5-4-6-16(20)23/h3-6,9,12-13,15H,1,7-8,10-11H2,2H3,(H,26,31)(H,24,25,27). The SMILES string of the molecule is C=CC(=O)N1CCC(n2ccc(Nc3ncc(C(=O)Nc4c(C)cccc4Cl)s3)n2)CC1.